The molecule has 25 heavy (non-hydrogen) atoms. The number of carbonyl (C=O) groups excluding carboxylic acids is 2. The lowest BCUT2D eigenvalue weighted by Crippen LogP contribution is -2.51. The fraction of sp³-hybridized carbons (Fsp3) is 0.500. The maximum atomic E-state index is 12.8. The highest BCUT2D eigenvalue weighted by atomic mass is 16.6. The van der Waals surface area contributed by atoms with Crippen LogP contribution in [0.15, 0.2) is 30.3 Å². The highest BCUT2D eigenvalue weighted by Crippen LogP contribution is 2.25. The first kappa shape index (κ1) is 17.3. The highest BCUT2D eigenvalue weighted by Gasteiger charge is 2.42. The molecule has 2 heterocycles. The monoisotopic (exact) mass is 346 g/mol. The molecule has 0 unspecified atom stereocenters. The summed E-state index contributed by atoms with van der Waals surface area (Å²) in [5.74, 6) is -1.26. The summed E-state index contributed by atoms with van der Waals surface area (Å²) in [5.41, 5.74) is 0.878. The number of nitrogens with zero attached hydrogens (tertiary/aromatic N) is 2. The van der Waals surface area contributed by atoms with Crippen molar-refractivity contribution in [1.29, 1.82) is 0 Å². The first-order chi connectivity index (χ1) is 12.1. The number of ether oxygens (including phenoxy) is 1. The Morgan fingerprint density at radius 1 is 1.00 bits per heavy atom. The van der Waals surface area contributed by atoms with Gasteiger partial charge in [0.25, 0.3) is 0 Å². The first-order valence-electron chi connectivity index (χ1n) is 8.58. The number of carboxylic acids is 1. The van der Waals surface area contributed by atoms with Gasteiger partial charge in [0.1, 0.15) is 18.7 Å². The Morgan fingerprint density at radius 2 is 1.64 bits per heavy atom. The van der Waals surface area contributed by atoms with Crippen LogP contribution in [-0.4, -0.2) is 58.0 Å². The Labute approximate surface area is 146 Å². The summed E-state index contributed by atoms with van der Waals surface area (Å²) in [4.78, 5) is 39.3. The van der Waals surface area contributed by atoms with E-state index in [2.05, 4.69) is 0 Å². The minimum Gasteiger partial charge on any atom is -0.480 e. The molecule has 7 heteroatoms. The number of rotatable bonds is 4. The molecule has 0 aliphatic carbocycles. The maximum Gasteiger partial charge on any atom is 0.410 e. The SMILES string of the molecule is O=C(O)[C@H]1CCCN1C(=O)[C@@H]1CCCN1C(=O)OCc1ccccc1. The zero-order chi connectivity index (χ0) is 17.8. The predicted octanol–water partition coefficient (Wildman–Crippen LogP) is 1.86. The average molecular weight is 346 g/mol. The van der Waals surface area contributed by atoms with Gasteiger partial charge in [-0.05, 0) is 31.2 Å². The summed E-state index contributed by atoms with van der Waals surface area (Å²) >= 11 is 0. The topological polar surface area (TPSA) is 87.2 Å². The van der Waals surface area contributed by atoms with Crippen LogP contribution in [0.25, 0.3) is 0 Å². The molecule has 0 spiro atoms. The summed E-state index contributed by atoms with van der Waals surface area (Å²) < 4.78 is 5.33. The van der Waals surface area contributed by atoms with Crippen LogP contribution in [-0.2, 0) is 20.9 Å². The lowest BCUT2D eigenvalue weighted by Gasteiger charge is -2.29. The normalized spacial score (nSPS) is 22.9. The van der Waals surface area contributed by atoms with Crippen molar-refractivity contribution in [1.82, 2.24) is 9.80 Å². The molecule has 0 radical (unpaired) electrons. The molecule has 2 amide bonds. The predicted molar refractivity (Wildman–Crippen MR) is 88.7 cm³/mol. The maximum absolute atomic E-state index is 12.8. The van der Waals surface area contributed by atoms with Crippen molar-refractivity contribution in [2.45, 2.75) is 44.4 Å². The molecule has 0 aromatic heterocycles. The van der Waals surface area contributed by atoms with Gasteiger partial charge in [0.05, 0.1) is 0 Å². The van der Waals surface area contributed by atoms with Crippen LogP contribution in [0.2, 0.25) is 0 Å². The fourth-order valence-corrected chi connectivity index (χ4v) is 3.52. The summed E-state index contributed by atoms with van der Waals surface area (Å²) in [6.07, 6.45) is 1.87. The van der Waals surface area contributed by atoms with E-state index < -0.39 is 24.1 Å². The molecule has 134 valence electrons. The second kappa shape index (κ2) is 7.55. The van der Waals surface area contributed by atoms with Gasteiger partial charge in [-0.2, -0.15) is 0 Å². The Kier molecular flexibility index (Phi) is 5.21. The van der Waals surface area contributed by atoms with Crippen LogP contribution in [0.3, 0.4) is 0 Å². The highest BCUT2D eigenvalue weighted by molar-refractivity contribution is 5.90. The molecule has 2 aliphatic heterocycles. The average Bonchev–Trinajstić information content (AvgIpc) is 3.29. The molecule has 3 rings (SSSR count). The quantitative estimate of drug-likeness (QED) is 0.899. The number of benzene rings is 1. The molecular weight excluding hydrogens is 324 g/mol. The number of amides is 2. The van der Waals surface area contributed by atoms with Gasteiger partial charge in [0.15, 0.2) is 0 Å². The zero-order valence-electron chi connectivity index (χ0n) is 14.0. The van der Waals surface area contributed by atoms with Gasteiger partial charge < -0.3 is 14.7 Å². The van der Waals surface area contributed by atoms with Gasteiger partial charge in [-0.1, -0.05) is 30.3 Å². The molecule has 1 aromatic carbocycles. The van der Waals surface area contributed by atoms with Crippen LogP contribution in [0.4, 0.5) is 4.79 Å². The van der Waals surface area contributed by atoms with Gasteiger partial charge in [0.2, 0.25) is 5.91 Å². The largest absolute Gasteiger partial charge is 0.480 e. The number of aliphatic carboxylic acids is 1. The lowest BCUT2D eigenvalue weighted by molar-refractivity contribution is -0.149. The molecule has 7 nitrogen and oxygen atoms in total. The van der Waals surface area contributed by atoms with Crippen molar-refractivity contribution in [3.8, 4) is 0 Å². The third-order valence-electron chi connectivity index (χ3n) is 4.80. The molecule has 2 atom stereocenters. The van der Waals surface area contributed by atoms with Crippen molar-refractivity contribution in [3.63, 3.8) is 0 Å². The van der Waals surface area contributed by atoms with E-state index in [1.807, 2.05) is 30.3 Å². The van der Waals surface area contributed by atoms with E-state index in [0.29, 0.717) is 38.8 Å². The van der Waals surface area contributed by atoms with E-state index in [1.54, 1.807) is 0 Å². The van der Waals surface area contributed by atoms with Gasteiger partial charge in [0, 0.05) is 13.1 Å². The van der Waals surface area contributed by atoms with E-state index in [1.165, 1.54) is 9.80 Å². The van der Waals surface area contributed by atoms with Crippen molar-refractivity contribution in [3.05, 3.63) is 35.9 Å². The van der Waals surface area contributed by atoms with Crippen LogP contribution < -0.4 is 0 Å². The minimum absolute atomic E-state index is 0.151. The summed E-state index contributed by atoms with van der Waals surface area (Å²) in [6, 6.07) is 7.94. The van der Waals surface area contributed by atoms with E-state index in [0.717, 1.165) is 5.56 Å². The smallest absolute Gasteiger partial charge is 0.410 e. The molecular formula is C18H22N2O5. The summed E-state index contributed by atoms with van der Waals surface area (Å²) in [5, 5.41) is 9.26. The third-order valence-corrected chi connectivity index (χ3v) is 4.80. The van der Waals surface area contributed by atoms with E-state index in [4.69, 9.17) is 4.74 Å². The Bertz CT molecular complexity index is 648. The second-order valence-electron chi connectivity index (χ2n) is 6.42. The molecule has 1 aromatic rings. The fourth-order valence-electron chi connectivity index (χ4n) is 3.52. The van der Waals surface area contributed by atoms with Gasteiger partial charge in [-0.15, -0.1) is 0 Å². The standard InChI is InChI=1S/C18H22N2O5/c21-16(19-10-5-9-15(19)17(22)23)14-8-4-11-20(14)18(24)25-12-13-6-2-1-3-7-13/h1-3,6-7,14-15H,4-5,8-12H2,(H,22,23)/t14-,15+/m0/s1. The molecule has 1 N–H and O–H groups in total. The van der Waals surface area contributed by atoms with Gasteiger partial charge >= 0.3 is 12.1 Å². The molecule has 2 saturated heterocycles. The second-order valence-corrected chi connectivity index (χ2v) is 6.42. The lowest BCUT2D eigenvalue weighted by atomic mass is 10.1. The zero-order valence-corrected chi connectivity index (χ0v) is 14.0. The van der Waals surface area contributed by atoms with E-state index in [9.17, 15) is 19.5 Å². The van der Waals surface area contributed by atoms with Gasteiger partial charge in [-0.25, -0.2) is 9.59 Å². The summed E-state index contributed by atoms with van der Waals surface area (Å²) in [6.45, 7) is 1.04. The number of carboxylic acid groups (broad SMARTS) is 1. The number of hydrogen-bond donors (Lipinski definition) is 1. The molecule has 2 fully saturated rings. The molecule has 0 saturated carbocycles. The Hall–Kier alpha value is -2.57. The molecule has 0 bridgehead atoms. The number of likely N-dealkylation sites (tertiary alicyclic amines) is 2. The number of carbonyl (C=O) groups is 3. The first-order valence-corrected chi connectivity index (χ1v) is 8.58. The van der Waals surface area contributed by atoms with Gasteiger partial charge in [-0.3, -0.25) is 9.69 Å². The van der Waals surface area contributed by atoms with E-state index >= 15 is 0 Å². The minimum atomic E-state index is -0.984. The Morgan fingerprint density at radius 3 is 2.32 bits per heavy atom. The van der Waals surface area contributed by atoms with Crippen molar-refractivity contribution >= 4 is 18.0 Å². The van der Waals surface area contributed by atoms with Crippen LogP contribution >= 0.6 is 0 Å². The summed E-state index contributed by atoms with van der Waals surface area (Å²) in [7, 11) is 0. The van der Waals surface area contributed by atoms with Crippen LogP contribution in [0.1, 0.15) is 31.2 Å². The van der Waals surface area contributed by atoms with Crippen LogP contribution in [0, 0.1) is 0 Å². The molecule has 2 aliphatic rings. The van der Waals surface area contributed by atoms with Crippen molar-refractivity contribution in [2.75, 3.05) is 13.1 Å². The van der Waals surface area contributed by atoms with Crippen LogP contribution in [0.5, 0.6) is 0 Å². The Balaban J connectivity index is 1.62. The van der Waals surface area contributed by atoms with Crippen molar-refractivity contribution in [2.24, 2.45) is 0 Å². The number of hydrogen-bond acceptors (Lipinski definition) is 4. The third kappa shape index (κ3) is 3.75. The van der Waals surface area contributed by atoms with E-state index in [-0.39, 0.29) is 12.5 Å². The van der Waals surface area contributed by atoms with Crippen molar-refractivity contribution < 1.29 is 24.2 Å².